The van der Waals surface area contributed by atoms with Gasteiger partial charge in [0.2, 0.25) is 11.8 Å². The van der Waals surface area contributed by atoms with E-state index in [0.717, 1.165) is 21.0 Å². The zero-order valence-electron chi connectivity index (χ0n) is 20.4. The molecule has 0 saturated heterocycles. The van der Waals surface area contributed by atoms with Gasteiger partial charge < -0.3 is 10.2 Å². The Labute approximate surface area is 207 Å². The second kappa shape index (κ2) is 11.2. The molecule has 184 valence electrons. The maximum atomic E-state index is 13.7. The van der Waals surface area contributed by atoms with Gasteiger partial charge in [0, 0.05) is 13.6 Å². The molecule has 0 aliphatic heterocycles. The van der Waals surface area contributed by atoms with Gasteiger partial charge in [-0.2, -0.15) is 0 Å². The molecule has 0 aliphatic rings. The second-order valence-electron chi connectivity index (χ2n) is 8.46. The van der Waals surface area contributed by atoms with Crippen molar-refractivity contribution in [2.45, 2.75) is 38.3 Å². The fourth-order valence-electron chi connectivity index (χ4n) is 3.83. The Kier molecular flexibility index (Phi) is 8.30. The van der Waals surface area contributed by atoms with Gasteiger partial charge in [-0.05, 0) is 56.2 Å². The van der Waals surface area contributed by atoms with Crippen LogP contribution in [-0.2, 0) is 26.2 Å². The number of nitrogens with one attached hydrogen (secondary N) is 1. The monoisotopic (exact) mass is 493 g/mol. The van der Waals surface area contributed by atoms with Gasteiger partial charge in [-0.15, -0.1) is 0 Å². The Morgan fingerprint density at radius 2 is 1.51 bits per heavy atom. The van der Waals surface area contributed by atoms with E-state index in [2.05, 4.69) is 5.32 Å². The lowest BCUT2D eigenvalue weighted by Gasteiger charge is -2.32. The second-order valence-corrected chi connectivity index (χ2v) is 10.3. The zero-order valence-corrected chi connectivity index (χ0v) is 21.2. The molecule has 0 unspecified atom stereocenters. The minimum absolute atomic E-state index is 0.0823. The van der Waals surface area contributed by atoms with Crippen LogP contribution in [0, 0.1) is 13.8 Å². The van der Waals surface area contributed by atoms with Crippen molar-refractivity contribution in [3.63, 3.8) is 0 Å². The number of aryl methyl sites for hydroxylation is 2. The predicted molar refractivity (Wildman–Crippen MR) is 137 cm³/mol. The summed E-state index contributed by atoms with van der Waals surface area (Å²) in [7, 11) is -2.54. The van der Waals surface area contributed by atoms with Crippen LogP contribution in [0.5, 0.6) is 0 Å². The lowest BCUT2D eigenvalue weighted by Crippen LogP contribution is -2.50. The number of carbonyl (C=O) groups is 2. The summed E-state index contributed by atoms with van der Waals surface area (Å²) < 4.78 is 28.4. The summed E-state index contributed by atoms with van der Waals surface area (Å²) in [5.41, 5.74) is 3.11. The molecule has 0 bridgehead atoms. The van der Waals surface area contributed by atoms with Crippen molar-refractivity contribution in [1.29, 1.82) is 0 Å². The first kappa shape index (κ1) is 26.0. The molecule has 0 heterocycles. The first-order valence-electron chi connectivity index (χ1n) is 11.3. The third-order valence-electron chi connectivity index (χ3n) is 5.75. The topological polar surface area (TPSA) is 86.8 Å². The van der Waals surface area contributed by atoms with Gasteiger partial charge in [0.1, 0.15) is 12.6 Å². The summed E-state index contributed by atoms with van der Waals surface area (Å²) in [6.45, 7) is 5.16. The van der Waals surface area contributed by atoms with Crippen molar-refractivity contribution < 1.29 is 18.0 Å². The Hall–Kier alpha value is -3.65. The fourth-order valence-corrected chi connectivity index (χ4v) is 5.26. The van der Waals surface area contributed by atoms with E-state index in [1.165, 1.54) is 24.1 Å². The van der Waals surface area contributed by atoms with Crippen LogP contribution in [0.4, 0.5) is 5.69 Å². The number of hydrogen-bond acceptors (Lipinski definition) is 4. The summed E-state index contributed by atoms with van der Waals surface area (Å²) in [4.78, 5) is 27.7. The van der Waals surface area contributed by atoms with Crippen molar-refractivity contribution in [1.82, 2.24) is 10.2 Å². The van der Waals surface area contributed by atoms with E-state index in [9.17, 15) is 18.0 Å². The average molecular weight is 494 g/mol. The van der Waals surface area contributed by atoms with Crippen molar-refractivity contribution in [2.24, 2.45) is 0 Å². The Bertz CT molecular complexity index is 1290. The molecule has 0 fully saturated rings. The lowest BCUT2D eigenvalue weighted by molar-refractivity contribution is -0.139. The number of amides is 2. The molecule has 1 atom stereocenters. The number of carbonyl (C=O) groups excluding carboxylic acids is 2. The minimum atomic E-state index is -4.05. The predicted octanol–water partition coefficient (Wildman–Crippen LogP) is 3.66. The molecule has 1 N–H and O–H groups in total. The minimum Gasteiger partial charge on any atom is -0.357 e. The van der Waals surface area contributed by atoms with E-state index in [0.29, 0.717) is 5.69 Å². The van der Waals surface area contributed by atoms with E-state index >= 15 is 0 Å². The molecule has 35 heavy (non-hydrogen) atoms. The molecular weight excluding hydrogens is 462 g/mol. The van der Waals surface area contributed by atoms with Crippen LogP contribution >= 0.6 is 0 Å². The maximum absolute atomic E-state index is 13.7. The van der Waals surface area contributed by atoms with Crippen molar-refractivity contribution in [3.05, 3.63) is 95.6 Å². The van der Waals surface area contributed by atoms with Crippen molar-refractivity contribution in [2.75, 3.05) is 17.9 Å². The Morgan fingerprint density at radius 1 is 0.886 bits per heavy atom. The third-order valence-corrected chi connectivity index (χ3v) is 7.54. The van der Waals surface area contributed by atoms with Crippen LogP contribution in [0.2, 0.25) is 0 Å². The molecule has 2 amide bonds. The molecule has 3 rings (SSSR count). The number of benzene rings is 3. The summed E-state index contributed by atoms with van der Waals surface area (Å²) in [5.74, 6) is -0.817. The molecule has 8 heteroatoms. The Balaban J connectivity index is 2.02. The molecule has 0 aliphatic carbocycles. The SMILES string of the molecule is CNC(=O)[C@H](C)N(Cc1cccc(C)c1)C(=O)CN(c1cccc(C)c1)S(=O)(=O)c1ccccc1. The lowest BCUT2D eigenvalue weighted by atomic mass is 10.1. The molecule has 3 aromatic rings. The quantitative estimate of drug-likeness (QED) is 0.493. The van der Waals surface area contributed by atoms with Gasteiger partial charge in [-0.25, -0.2) is 8.42 Å². The summed E-state index contributed by atoms with van der Waals surface area (Å²) >= 11 is 0. The number of rotatable bonds is 9. The van der Waals surface area contributed by atoms with E-state index in [1.54, 1.807) is 43.3 Å². The van der Waals surface area contributed by atoms with Gasteiger partial charge in [0.15, 0.2) is 0 Å². The van der Waals surface area contributed by atoms with Crippen LogP contribution in [0.25, 0.3) is 0 Å². The summed E-state index contributed by atoms with van der Waals surface area (Å²) in [6.07, 6.45) is 0. The van der Waals surface area contributed by atoms with Crippen LogP contribution in [0.1, 0.15) is 23.6 Å². The van der Waals surface area contributed by atoms with Gasteiger partial charge >= 0.3 is 0 Å². The number of likely N-dealkylation sites (N-methyl/N-ethyl adjacent to an activating group) is 1. The van der Waals surface area contributed by atoms with Crippen LogP contribution in [-0.4, -0.2) is 44.8 Å². The van der Waals surface area contributed by atoms with Crippen molar-refractivity contribution in [3.8, 4) is 0 Å². The highest BCUT2D eigenvalue weighted by Crippen LogP contribution is 2.25. The first-order valence-corrected chi connectivity index (χ1v) is 12.8. The summed E-state index contributed by atoms with van der Waals surface area (Å²) in [5, 5.41) is 2.58. The molecule has 7 nitrogen and oxygen atoms in total. The van der Waals surface area contributed by atoms with Crippen LogP contribution in [0.15, 0.2) is 83.8 Å². The normalized spacial score (nSPS) is 12.0. The molecule has 0 radical (unpaired) electrons. The van der Waals surface area contributed by atoms with E-state index in [-0.39, 0.29) is 17.3 Å². The highest BCUT2D eigenvalue weighted by Gasteiger charge is 2.32. The zero-order chi connectivity index (χ0) is 25.6. The number of anilines is 1. The molecular formula is C27H31N3O4S. The largest absolute Gasteiger partial charge is 0.357 e. The first-order chi connectivity index (χ1) is 16.6. The molecule has 0 spiro atoms. The molecule has 0 aromatic heterocycles. The van der Waals surface area contributed by atoms with E-state index < -0.39 is 28.5 Å². The number of hydrogen-bond donors (Lipinski definition) is 1. The smallest absolute Gasteiger partial charge is 0.264 e. The fraction of sp³-hybridized carbons (Fsp3) is 0.259. The maximum Gasteiger partial charge on any atom is 0.264 e. The molecule has 0 saturated carbocycles. The average Bonchev–Trinajstić information content (AvgIpc) is 2.85. The Morgan fingerprint density at radius 3 is 2.11 bits per heavy atom. The summed E-state index contributed by atoms with van der Waals surface area (Å²) in [6, 6.07) is 21.9. The van der Waals surface area contributed by atoms with Gasteiger partial charge in [0.05, 0.1) is 10.6 Å². The van der Waals surface area contributed by atoms with Crippen molar-refractivity contribution >= 4 is 27.5 Å². The highest BCUT2D eigenvalue weighted by atomic mass is 32.2. The highest BCUT2D eigenvalue weighted by molar-refractivity contribution is 7.92. The van der Waals surface area contributed by atoms with E-state index in [1.807, 2.05) is 44.2 Å². The van der Waals surface area contributed by atoms with Gasteiger partial charge in [0.25, 0.3) is 10.0 Å². The van der Waals surface area contributed by atoms with Crippen LogP contribution < -0.4 is 9.62 Å². The van der Waals surface area contributed by atoms with Crippen LogP contribution in [0.3, 0.4) is 0 Å². The standard InChI is InChI=1S/C27H31N3O4S/c1-20-10-8-12-23(16-20)18-29(22(3)27(32)28-4)26(31)19-30(24-13-9-11-21(2)17-24)35(33,34)25-14-6-5-7-15-25/h5-17,22H,18-19H2,1-4H3,(H,28,32)/t22-/m0/s1. The van der Waals surface area contributed by atoms with Gasteiger partial charge in [-0.1, -0.05) is 60.2 Å². The van der Waals surface area contributed by atoms with E-state index in [4.69, 9.17) is 0 Å². The van der Waals surface area contributed by atoms with Gasteiger partial charge in [-0.3, -0.25) is 13.9 Å². The molecule has 3 aromatic carbocycles. The number of nitrogens with zero attached hydrogens (tertiary/aromatic N) is 2. The number of sulfonamides is 1. The third kappa shape index (κ3) is 6.27.